The predicted molar refractivity (Wildman–Crippen MR) is 74.2 cm³/mol. The summed E-state index contributed by atoms with van der Waals surface area (Å²) in [6.45, 7) is 0. The smallest absolute Gasteiger partial charge is 0.280 e. The second-order valence-electron chi connectivity index (χ2n) is 4.69. The summed E-state index contributed by atoms with van der Waals surface area (Å²) in [7, 11) is 0. The number of rotatable bonds is 3. The third-order valence-corrected chi connectivity index (χ3v) is 4.63. The Balaban J connectivity index is 1.95. The van der Waals surface area contributed by atoms with Crippen LogP contribution < -0.4 is 11.4 Å². The summed E-state index contributed by atoms with van der Waals surface area (Å²) in [6.07, 6.45) is 3.90. The van der Waals surface area contributed by atoms with Crippen molar-refractivity contribution in [1.29, 1.82) is 0 Å². The molecule has 0 radical (unpaired) electrons. The largest absolute Gasteiger partial charge is 0.334 e. The van der Waals surface area contributed by atoms with Crippen molar-refractivity contribution < 1.29 is 0 Å². The van der Waals surface area contributed by atoms with Gasteiger partial charge < -0.3 is 5.84 Å². The second kappa shape index (κ2) is 4.65. The Morgan fingerprint density at radius 3 is 2.89 bits per heavy atom. The highest BCUT2D eigenvalue weighted by molar-refractivity contribution is 7.99. The number of hydrogen-bond acceptors (Lipinski definition) is 4. The van der Waals surface area contributed by atoms with E-state index in [2.05, 4.69) is 4.98 Å². The Hall–Kier alpha value is -1.49. The molecule has 1 fully saturated rings. The number of nitrogens with zero attached hydrogens (tertiary/aromatic N) is 2. The fraction of sp³-hybridized carbons (Fsp3) is 0.385. The molecule has 0 aliphatic heterocycles. The summed E-state index contributed by atoms with van der Waals surface area (Å²) in [5.41, 5.74) is 0.553. The quantitative estimate of drug-likeness (QED) is 0.521. The molecular weight excluding hydrogens is 246 g/mol. The summed E-state index contributed by atoms with van der Waals surface area (Å²) < 4.78 is 1.17. The maximum absolute atomic E-state index is 12.1. The minimum atomic E-state index is -0.170. The van der Waals surface area contributed by atoms with Crippen LogP contribution in [0.1, 0.15) is 19.3 Å². The second-order valence-corrected chi connectivity index (χ2v) is 5.68. The van der Waals surface area contributed by atoms with E-state index in [-0.39, 0.29) is 5.56 Å². The number of nitrogen functional groups attached to an aromatic ring is 1. The molecule has 1 aliphatic carbocycles. The van der Waals surface area contributed by atoms with Crippen molar-refractivity contribution in [3.05, 3.63) is 34.6 Å². The van der Waals surface area contributed by atoms with Gasteiger partial charge in [0.05, 0.1) is 10.9 Å². The van der Waals surface area contributed by atoms with Crippen molar-refractivity contribution in [2.75, 3.05) is 11.6 Å². The van der Waals surface area contributed by atoms with Crippen LogP contribution in [0, 0.1) is 5.92 Å². The maximum Gasteiger partial charge on any atom is 0.280 e. The van der Waals surface area contributed by atoms with Crippen LogP contribution in [0.3, 0.4) is 0 Å². The van der Waals surface area contributed by atoms with Crippen LogP contribution in [0.4, 0.5) is 0 Å². The minimum Gasteiger partial charge on any atom is -0.334 e. The van der Waals surface area contributed by atoms with E-state index in [1.807, 2.05) is 18.2 Å². The van der Waals surface area contributed by atoms with Gasteiger partial charge in [-0.3, -0.25) is 4.79 Å². The SMILES string of the molecule is Nn1c(SCC2CCC2)nc2ccccc2c1=O. The normalized spacial score (nSPS) is 15.8. The molecule has 5 heteroatoms. The van der Waals surface area contributed by atoms with E-state index in [1.54, 1.807) is 17.8 Å². The Morgan fingerprint density at radius 1 is 1.39 bits per heavy atom. The van der Waals surface area contributed by atoms with Gasteiger partial charge in [0, 0.05) is 5.75 Å². The van der Waals surface area contributed by atoms with E-state index in [0.717, 1.165) is 17.2 Å². The van der Waals surface area contributed by atoms with Crippen LogP contribution in [0.15, 0.2) is 34.2 Å². The van der Waals surface area contributed by atoms with Crippen LogP contribution in [-0.4, -0.2) is 15.4 Å². The molecule has 3 rings (SSSR count). The van der Waals surface area contributed by atoms with Gasteiger partial charge in [0.25, 0.3) is 5.56 Å². The molecule has 0 spiro atoms. The third-order valence-electron chi connectivity index (χ3n) is 3.45. The number of aromatic nitrogens is 2. The fourth-order valence-electron chi connectivity index (χ4n) is 2.08. The first-order valence-corrected chi connectivity index (χ1v) is 7.14. The standard InChI is InChI=1S/C13H15N3OS/c14-16-12(17)10-6-1-2-7-11(10)15-13(16)18-8-9-4-3-5-9/h1-2,6-7,9H,3-5,8,14H2. The van der Waals surface area contributed by atoms with E-state index >= 15 is 0 Å². The molecule has 0 bridgehead atoms. The average molecular weight is 261 g/mol. The van der Waals surface area contributed by atoms with Crippen molar-refractivity contribution in [2.45, 2.75) is 24.4 Å². The van der Waals surface area contributed by atoms with Crippen LogP contribution in [0.2, 0.25) is 0 Å². The molecule has 1 aliphatic rings. The highest BCUT2D eigenvalue weighted by Crippen LogP contribution is 2.31. The topological polar surface area (TPSA) is 60.9 Å². The Kier molecular flexibility index (Phi) is 2.99. The van der Waals surface area contributed by atoms with Gasteiger partial charge >= 0.3 is 0 Å². The Bertz CT molecular complexity index is 634. The molecule has 2 aromatic rings. The molecule has 1 aromatic heterocycles. The molecule has 94 valence electrons. The number of nitrogens with two attached hydrogens (primary N) is 1. The summed E-state index contributed by atoms with van der Waals surface area (Å²) in [5, 5.41) is 1.19. The number of benzene rings is 1. The molecule has 0 unspecified atom stereocenters. The highest BCUT2D eigenvalue weighted by Gasteiger charge is 2.19. The maximum atomic E-state index is 12.1. The van der Waals surface area contributed by atoms with Crippen LogP contribution in [-0.2, 0) is 0 Å². The monoisotopic (exact) mass is 261 g/mol. The molecule has 0 saturated heterocycles. The molecule has 2 N–H and O–H groups in total. The lowest BCUT2D eigenvalue weighted by Gasteiger charge is -2.24. The van der Waals surface area contributed by atoms with Crippen molar-refractivity contribution in [2.24, 2.45) is 5.92 Å². The Morgan fingerprint density at radius 2 is 2.17 bits per heavy atom. The summed E-state index contributed by atoms with van der Waals surface area (Å²) in [6, 6.07) is 7.32. The Labute approximate surface area is 109 Å². The van der Waals surface area contributed by atoms with E-state index < -0.39 is 0 Å². The van der Waals surface area contributed by atoms with Gasteiger partial charge in [-0.15, -0.1) is 0 Å². The first kappa shape index (κ1) is 11.6. The molecule has 18 heavy (non-hydrogen) atoms. The van der Waals surface area contributed by atoms with E-state index in [1.165, 1.54) is 23.9 Å². The van der Waals surface area contributed by atoms with Crippen LogP contribution in [0.5, 0.6) is 0 Å². The van der Waals surface area contributed by atoms with Gasteiger partial charge in [-0.2, -0.15) is 0 Å². The van der Waals surface area contributed by atoms with Gasteiger partial charge in [0.1, 0.15) is 0 Å². The number of fused-ring (bicyclic) bond motifs is 1. The van der Waals surface area contributed by atoms with Crippen LogP contribution >= 0.6 is 11.8 Å². The van der Waals surface area contributed by atoms with Gasteiger partial charge in [-0.05, 0) is 30.9 Å². The summed E-state index contributed by atoms with van der Waals surface area (Å²) in [5.74, 6) is 7.58. The average Bonchev–Trinajstić information content (AvgIpc) is 2.33. The molecule has 0 amide bonds. The number of hydrogen-bond donors (Lipinski definition) is 1. The minimum absolute atomic E-state index is 0.170. The number of thioether (sulfide) groups is 1. The molecule has 4 nitrogen and oxygen atoms in total. The lowest BCUT2D eigenvalue weighted by Crippen LogP contribution is -2.30. The van der Waals surface area contributed by atoms with E-state index in [4.69, 9.17) is 5.84 Å². The third kappa shape index (κ3) is 1.99. The molecule has 1 aromatic carbocycles. The molecule has 1 heterocycles. The fourth-order valence-corrected chi connectivity index (χ4v) is 3.18. The van der Waals surface area contributed by atoms with Crippen molar-refractivity contribution in [3.63, 3.8) is 0 Å². The van der Waals surface area contributed by atoms with Crippen molar-refractivity contribution in [1.82, 2.24) is 9.66 Å². The lowest BCUT2D eigenvalue weighted by atomic mass is 9.87. The van der Waals surface area contributed by atoms with Gasteiger partial charge in [0.2, 0.25) is 0 Å². The predicted octanol–water partition coefficient (Wildman–Crippen LogP) is 2.00. The molecule has 1 saturated carbocycles. The first-order chi connectivity index (χ1) is 8.75. The number of para-hydroxylation sites is 1. The molecule has 0 atom stereocenters. The molecular formula is C13H15N3OS. The zero-order valence-electron chi connectivity index (χ0n) is 10.0. The summed E-state index contributed by atoms with van der Waals surface area (Å²) in [4.78, 5) is 16.5. The van der Waals surface area contributed by atoms with Crippen molar-refractivity contribution >= 4 is 22.7 Å². The first-order valence-electron chi connectivity index (χ1n) is 6.15. The van der Waals surface area contributed by atoms with Gasteiger partial charge in [0.15, 0.2) is 5.16 Å². The van der Waals surface area contributed by atoms with Gasteiger partial charge in [-0.25, -0.2) is 9.66 Å². The lowest BCUT2D eigenvalue weighted by molar-refractivity contribution is 0.353. The van der Waals surface area contributed by atoms with E-state index in [0.29, 0.717) is 10.5 Å². The summed E-state index contributed by atoms with van der Waals surface area (Å²) >= 11 is 1.59. The van der Waals surface area contributed by atoms with Crippen molar-refractivity contribution in [3.8, 4) is 0 Å². The zero-order chi connectivity index (χ0) is 12.5. The van der Waals surface area contributed by atoms with Gasteiger partial charge in [-0.1, -0.05) is 30.3 Å². The van der Waals surface area contributed by atoms with E-state index in [9.17, 15) is 4.79 Å². The zero-order valence-corrected chi connectivity index (χ0v) is 10.8. The highest BCUT2D eigenvalue weighted by atomic mass is 32.2. The van der Waals surface area contributed by atoms with Crippen LogP contribution in [0.25, 0.3) is 10.9 Å².